The van der Waals surface area contributed by atoms with Gasteiger partial charge in [0.25, 0.3) is 11.8 Å². The van der Waals surface area contributed by atoms with Crippen molar-refractivity contribution in [3.8, 4) is 11.5 Å². The summed E-state index contributed by atoms with van der Waals surface area (Å²) in [6.45, 7) is 9.62. The van der Waals surface area contributed by atoms with Gasteiger partial charge in [-0.15, -0.1) is 0 Å². The van der Waals surface area contributed by atoms with E-state index in [1.165, 1.54) is 36.8 Å². The van der Waals surface area contributed by atoms with Crippen molar-refractivity contribution in [3.63, 3.8) is 0 Å². The van der Waals surface area contributed by atoms with Gasteiger partial charge in [-0.25, -0.2) is 0 Å². The molecule has 0 aliphatic rings. The summed E-state index contributed by atoms with van der Waals surface area (Å²) < 4.78 is 44.1. The number of amides is 2. The number of nitrogens with one attached hydrogen (secondary N) is 2. The van der Waals surface area contributed by atoms with Crippen LogP contribution < -0.4 is 20.1 Å². The zero-order valence-corrected chi connectivity index (χ0v) is 32.3. The molecular weight excluding hydrogens is 700 g/mol. The number of hydrogen-bond donors (Lipinski definition) is 4. The van der Waals surface area contributed by atoms with Crippen LogP contribution in [0.3, 0.4) is 0 Å². The molecule has 2 amide bonds. The molecule has 306 valence electrons. The van der Waals surface area contributed by atoms with Gasteiger partial charge in [0, 0.05) is 13.1 Å². The molecule has 14 nitrogen and oxygen atoms in total. The van der Waals surface area contributed by atoms with E-state index < -0.39 is 24.0 Å². The van der Waals surface area contributed by atoms with Crippen molar-refractivity contribution in [1.82, 2.24) is 10.6 Å². The van der Waals surface area contributed by atoms with E-state index in [1.54, 1.807) is 0 Å². The van der Waals surface area contributed by atoms with E-state index in [4.69, 9.17) is 37.9 Å². The van der Waals surface area contributed by atoms with Crippen molar-refractivity contribution in [2.24, 2.45) is 0 Å². The number of carbonyl (C=O) groups is 2. The maximum atomic E-state index is 12.1. The third-order valence-corrected chi connectivity index (χ3v) is 7.89. The molecule has 0 heterocycles. The second-order valence-electron chi connectivity index (χ2n) is 12.3. The molecule has 2 atom stereocenters. The lowest BCUT2D eigenvalue weighted by atomic mass is 10.1. The summed E-state index contributed by atoms with van der Waals surface area (Å²) in [6, 6.07) is 16.3. The van der Waals surface area contributed by atoms with Gasteiger partial charge >= 0.3 is 0 Å². The van der Waals surface area contributed by atoms with Gasteiger partial charge in [0.05, 0.1) is 79.3 Å². The summed E-state index contributed by atoms with van der Waals surface area (Å²) in [6.07, 6.45) is 3.03. The van der Waals surface area contributed by atoms with E-state index in [0.717, 1.165) is 24.3 Å². The summed E-state index contributed by atoms with van der Waals surface area (Å²) in [4.78, 5) is 24.2. The highest BCUT2D eigenvalue weighted by Gasteiger charge is 2.29. The second-order valence-corrected chi connectivity index (χ2v) is 12.3. The highest BCUT2D eigenvalue weighted by Crippen LogP contribution is 2.15. The van der Waals surface area contributed by atoms with Crippen molar-refractivity contribution in [1.29, 1.82) is 0 Å². The Bertz CT molecular complexity index is 1110. The van der Waals surface area contributed by atoms with Crippen LogP contribution in [0.25, 0.3) is 0 Å². The normalized spacial score (nSPS) is 12.3. The van der Waals surface area contributed by atoms with Gasteiger partial charge in [-0.2, -0.15) is 0 Å². The number of benzene rings is 2. The molecular formula is C40H64N2O12. The number of aliphatic hydroxyl groups excluding tert-OH is 2. The van der Waals surface area contributed by atoms with Crippen molar-refractivity contribution >= 4 is 11.8 Å². The average molecular weight is 765 g/mol. The molecule has 0 spiro atoms. The topological polar surface area (TPSA) is 172 Å². The molecule has 54 heavy (non-hydrogen) atoms. The van der Waals surface area contributed by atoms with Crippen molar-refractivity contribution in [2.45, 2.75) is 64.6 Å². The van der Waals surface area contributed by atoms with Crippen LogP contribution in [0, 0.1) is 0 Å². The standard InChI is InChI=1S/C40H64N2O12/c1-3-5-7-33-9-13-35(14-10-33)53-31-29-51-27-25-49-23-21-47-19-17-41-39(45)37(43)38(44)40(46)42-18-20-48-22-24-50-26-28-52-30-32-54-36-15-11-34(12-16-36)8-6-4-2/h9-16,37-38,43-44H,3-8,17-32H2,1-2H3,(H,41,45)(H,42,46). The monoisotopic (exact) mass is 764 g/mol. The first kappa shape index (κ1) is 46.8. The average Bonchev–Trinajstić information content (AvgIpc) is 3.19. The van der Waals surface area contributed by atoms with Crippen molar-refractivity contribution in [2.75, 3.05) is 106 Å². The minimum absolute atomic E-state index is 0.0828. The number of carbonyl (C=O) groups excluding carboxylic acids is 2. The Hall–Kier alpha value is -3.34. The summed E-state index contributed by atoms with van der Waals surface area (Å²) in [5, 5.41) is 24.9. The zero-order valence-electron chi connectivity index (χ0n) is 32.3. The Kier molecular flexibility index (Phi) is 27.7. The lowest BCUT2D eigenvalue weighted by Gasteiger charge is -2.17. The molecule has 0 bridgehead atoms. The maximum absolute atomic E-state index is 12.1. The lowest BCUT2D eigenvalue weighted by molar-refractivity contribution is -0.146. The number of ether oxygens (including phenoxy) is 8. The molecule has 0 saturated heterocycles. The predicted molar refractivity (Wildman–Crippen MR) is 204 cm³/mol. The van der Waals surface area contributed by atoms with Crippen molar-refractivity contribution < 1.29 is 57.7 Å². The molecule has 0 radical (unpaired) electrons. The number of aliphatic hydroxyl groups is 2. The van der Waals surface area contributed by atoms with E-state index in [9.17, 15) is 19.8 Å². The molecule has 14 heteroatoms. The van der Waals surface area contributed by atoms with Crippen LogP contribution >= 0.6 is 0 Å². The van der Waals surface area contributed by atoms with Crippen LogP contribution in [0.5, 0.6) is 11.5 Å². The fraction of sp³-hybridized carbons (Fsp3) is 0.650. The molecule has 0 fully saturated rings. The number of hydrogen-bond acceptors (Lipinski definition) is 12. The highest BCUT2D eigenvalue weighted by molar-refractivity contribution is 5.90. The Morgan fingerprint density at radius 2 is 0.778 bits per heavy atom. The van der Waals surface area contributed by atoms with Gasteiger partial charge in [0.2, 0.25) is 0 Å². The van der Waals surface area contributed by atoms with Gasteiger partial charge < -0.3 is 58.7 Å². The number of unbranched alkanes of at least 4 members (excludes halogenated alkanes) is 2. The first-order valence-electron chi connectivity index (χ1n) is 19.3. The quantitative estimate of drug-likeness (QED) is 0.0758. The number of rotatable bonds is 35. The Morgan fingerprint density at radius 1 is 0.481 bits per heavy atom. The van der Waals surface area contributed by atoms with Crippen LogP contribution in [-0.2, 0) is 50.9 Å². The minimum atomic E-state index is -1.93. The molecule has 0 aliphatic heterocycles. The Morgan fingerprint density at radius 3 is 1.09 bits per heavy atom. The molecule has 2 unspecified atom stereocenters. The van der Waals surface area contributed by atoms with E-state index >= 15 is 0 Å². The largest absolute Gasteiger partial charge is 0.491 e. The predicted octanol–water partition coefficient (Wildman–Crippen LogP) is 2.88. The molecule has 0 saturated carbocycles. The van der Waals surface area contributed by atoms with Gasteiger partial charge in [0.1, 0.15) is 24.7 Å². The highest BCUT2D eigenvalue weighted by atomic mass is 16.6. The number of aryl methyl sites for hydroxylation is 2. The Balaban J connectivity index is 1.32. The maximum Gasteiger partial charge on any atom is 0.252 e. The summed E-state index contributed by atoms with van der Waals surface area (Å²) in [5.74, 6) is -0.128. The fourth-order valence-corrected chi connectivity index (χ4v) is 4.78. The molecule has 2 aromatic carbocycles. The second kappa shape index (κ2) is 32.0. The van der Waals surface area contributed by atoms with Crippen LogP contribution in [0.1, 0.15) is 50.7 Å². The van der Waals surface area contributed by atoms with E-state index in [1.807, 2.05) is 24.3 Å². The van der Waals surface area contributed by atoms with E-state index in [-0.39, 0.29) is 26.3 Å². The smallest absolute Gasteiger partial charge is 0.252 e. The molecule has 2 aromatic rings. The molecule has 0 aromatic heterocycles. The van der Waals surface area contributed by atoms with Crippen LogP contribution in [0.15, 0.2) is 48.5 Å². The zero-order chi connectivity index (χ0) is 38.9. The van der Waals surface area contributed by atoms with Gasteiger partial charge in [-0.05, 0) is 61.1 Å². The van der Waals surface area contributed by atoms with Crippen molar-refractivity contribution in [3.05, 3.63) is 59.7 Å². The van der Waals surface area contributed by atoms with Gasteiger partial charge in [-0.1, -0.05) is 51.0 Å². The summed E-state index contributed by atoms with van der Waals surface area (Å²) in [7, 11) is 0. The lowest BCUT2D eigenvalue weighted by Crippen LogP contribution is -2.50. The van der Waals surface area contributed by atoms with E-state index in [2.05, 4.69) is 48.7 Å². The molecule has 4 N–H and O–H groups in total. The van der Waals surface area contributed by atoms with Crippen LogP contribution in [-0.4, -0.2) is 140 Å². The van der Waals surface area contributed by atoms with Crippen LogP contribution in [0.4, 0.5) is 0 Å². The first-order chi connectivity index (χ1) is 26.4. The first-order valence-corrected chi connectivity index (χ1v) is 19.3. The fourth-order valence-electron chi connectivity index (χ4n) is 4.78. The third-order valence-electron chi connectivity index (χ3n) is 7.89. The van der Waals surface area contributed by atoms with Gasteiger partial charge in [-0.3, -0.25) is 9.59 Å². The van der Waals surface area contributed by atoms with Crippen LogP contribution in [0.2, 0.25) is 0 Å². The third kappa shape index (κ3) is 23.4. The van der Waals surface area contributed by atoms with Gasteiger partial charge in [0.15, 0.2) is 12.2 Å². The molecule has 0 aliphatic carbocycles. The molecule has 2 rings (SSSR count). The SMILES string of the molecule is CCCCc1ccc(OCCOCCOCCOCCNC(=O)C(O)C(O)C(=O)NCCOCCOCCOCCOc2ccc(CCCC)cc2)cc1. The van der Waals surface area contributed by atoms with E-state index in [0.29, 0.717) is 79.3 Å². The summed E-state index contributed by atoms with van der Waals surface area (Å²) >= 11 is 0. The minimum Gasteiger partial charge on any atom is -0.491 e. The Labute approximate surface area is 321 Å². The summed E-state index contributed by atoms with van der Waals surface area (Å²) in [5.41, 5.74) is 2.63.